The molecule has 0 saturated carbocycles. The number of carbonyl (C=O) groups is 2. The van der Waals surface area contributed by atoms with Gasteiger partial charge in [-0.2, -0.15) is 0 Å². The van der Waals surface area contributed by atoms with Crippen LogP contribution in [-0.4, -0.2) is 31.6 Å². The highest BCUT2D eigenvalue weighted by atomic mass is 16.5. The van der Waals surface area contributed by atoms with Crippen LogP contribution in [0.15, 0.2) is 0 Å². The quantitative estimate of drug-likeness (QED) is 0.502. The van der Waals surface area contributed by atoms with E-state index in [1.54, 1.807) is 6.92 Å². The van der Waals surface area contributed by atoms with Gasteiger partial charge in [0.15, 0.2) is 5.78 Å². The average Bonchev–Trinajstić information content (AvgIpc) is 2.19. The predicted molar refractivity (Wildman–Crippen MR) is 49.8 cm³/mol. The van der Waals surface area contributed by atoms with Gasteiger partial charge >= 0.3 is 5.97 Å². The van der Waals surface area contributed by atoms with E-state index in [2.05, 4.69) is 0 Å². The Morgan fingerprint density at radius 1 is 1.57 bits per heavy atom. The van der Waals surface area contributed by atoms with Crippen molar-refractivity contribution in [1.82, 2.24) is 0 Å². The van der Waals surface area contributed by atoms with Crippen molar-refractivity contribution in [3.05, 3.63) is 0 Å². The van der Waals surface area contributed by atoms with Crippen molar-refractivity contribution < 1.29 is 19.1 Å². The fourth-order valence-corrected chi connectivity index (χ4v) is 1.62. The Kier molecular flexibility index (Phi) is 3.63. The first kappa shape index (κ1) is 11.2. The molecule has 0 aromatic carbocycles. The molecule has 0 N–H and O–H groups in total. The van der Waals surface area contributed by atoms with Gasteiger partial charge in [-0.1, -0.05) is 6.92 Å². The summed E-state index contributed by atoms with van der Waals surface area (Å²) in [5, 5.41) is 0. The Morgan fingerprint density at radius 3 is 2.79 bits per heavy atom. The third-order valence-corrected chi connectivity index (χ3v) is 2.63. The van der Waals surface area contributed by atoms with Gasteiger partial charge in [-0.25, -0.2) is 0 Å². The predicted octanol–water partition coefficient (Wildman–Crippen LogP) is 0.935. The van der Waals surface area contributed by atoms with Crippen LogP contribution >= 0.6 is 0 Å². The Hall–Kier alpha value is -0.900. The summed E-state index contributed by atoms with van der Waals surface area (Å²) in [6, 6.07) is 0. The molecule has 0 bridgehead atoms. The first-order valence-corrected chi connectivity index (χ1v) is 4.95. The molecule has 1 rings (SSSR count). The zero-order valence-corrected chi connectivity index (χ0v) is 8.67. The molecule has 4 heteroatoms. The summed E-state index contributed by atoms with van der Waals surface area (Å²) >= 11 is 0. The van der Waals surface area contributed by atoms with E-state index < -0.39 is 11.4 Å². The Labute approximate surface area is 83.6 Å². The summed E-state index contributed by atoms with van der Waals surface area (Å²) in [6.45, 7) is 4.42. The lowest BCUT2D eigenvalue weighted by atomic mass is 9.79. The van der Waals surface area contributed by atoms with Gasteiger partial charge in [0.25, 0.3) is 0 Å². The van der Waals surface area contributed by atoms with Crippen LogP contribution in [0.2, 0.25) is 0 Å². The second-order valence-electron chi connectivity index (χ2n) is 3.38. The minimum atomic E-state index is -1.03. The van der Waals surface area contributed by atoms with Gasteiger partial charge in [-0.05, 0) is 13.3 Å². The fraction of sp³-hybridized carbons (Fsp3) is 0.800. The van der Waals surface area contributed by atoms with Crippen molar-refractivity contribution >= 4 is 11.8 Å². The van der Waals surface area contributed by atoms with Crippen molar-refractivity contribution in [1.29, 1.82) is 0 Å². The highest BCUT2D eigenvalue weighted by Gasteiger charge is 2.47. The molecule has 4 nitrogen and oxygen atoms in total. The molecule has 0 spiro atoms. The first-order valence-electron chi connectivity index (χ1n) is 4.95. The normalized spacial score (nSPS) is 27.4. The monoisotopic (exact) mass is 200 g/mol. The van der Waals surface area contributed by atoms with Crippen LogP contribution < -0.4 is 0 Å². The maximum atomic E-state index is 11.7. The third-order valence-electron chi connectivity index (χ3n) is 2.63. The zero-order valence-electron chi connectivity index (χ0n) is 8.67. The highest BCUT2D eigenvalue weighted by Crippen LogP contribution is 2.30. The van der Waals surface area contributed by atoms with E-state index in [0.29, 0.717) is 26.1 Å². The first-order chi connectivity index (χ1) is 6.67. The fourth-order valence-electron chi connectivity index (χ4n) is 1.62. The van der Waals surface area contributed by atoms with Gasteiger partial charge in [-0.3, -0.25) is 9.59 Å². The molecule has 0 aromatic heterocycles. The standard InChI is InChI=1S/C10H16O4/c1-3-10(9(12)14-4-2)7-13-6-5-8(10)11/h3-7H2,1-2H3. The molecular weight excluding hydrogens is 184 g/mol. The lowest BCUT2D eigenvalue weighted by molar-refractivity contribution is -0.169. The number of Topliss-reactive ketones (excluding diaryl/α,β-unsaturated/α-hetero) is 1. The van der Waals surface area contributed by atoms with E-state index in [-0.39, 0.29) is 12.4 Å². The van der Waals surface area contributed by atoms with E-state index >= 15 is 0 Å². The summed E-state index contributed by atoms with van der Waals surface area (Å²) in [7, 11) is 0. The molecule has 1 atom stereocenters. The summed E-state index contributed by atoms with van der Waals surface area (Å²) in [4.78, 5) is 23.3. The maximum Gasteiger partial charge on any atom is 0.322 e. The molecule has 1 fully saturated rings. The van der Waals surface area contributed by atoms with Crippen LogP contribution in [0.3, 0.4) is 0 Å². The summed E-state index contributed by atoms with van der Waals surface area (Å²) in [6.07, 6.45) is 0.761. The third kappa shape index (κ3) is 1.80. The van der Waals surface area contributed by atoms with E-state index in [9.17, 15) is 9.59 Å². The van der Waals surface area contributed by atoms with Gasteiger partial charge in [0.1, 0.15) is 5.41 Å². The number of rotatable bonds is 3. The van der Waals surface area contributed by atoms with Crippen LogP contribution in [-0.2, 0) is 19.1 Å². The minimum Gasteiger partial charge on any atom is -0.465 e. The Bertz CT molecular complexity index is 236. The van der Waals surface area contributed by atoms with Crippen molar-refractivity contribution in [2.45, 2.75) is 26.7 Å². The van der Waals surface area contributed by atoms with Crippen molar-refractivity contribution in [2.75, 3.05) is 19.8 Å². The smallest absolute Gasteiger partial charge is 0.322 e. The van der Waals surface area contributed by atoms with Gasteiger partial charge in [0.05, 0.1) is 19.8 Å². The molecule has 1 aliphatic heterocycles. The van der Waals surface area contributed by atoms with E-state index in [4.69, 9.17) is 9.47 Å². The largest absolute Gasteiger partial charge is 0.465 e. The number of ether oxygens (including phenoxy) is 2. The number of esters is 1. The van der Waals surface area contributed by atoms with Crippen molar-refractivity contribution in [2.24, 2.45) is 5.41 Å². The number of hydrogen-bond acceptors (Lipinski definition) is 4. The maximum absolute atomic E-state index is 11.7. The number of hydrogen-bond donors (Lipinski definition) is 0. The summed E-state index contributed by atoms with van der Waals surface area (Å²) < 4.78 is 10.1. The van der Waals surface area contributed by atoms with Crippen molar-refractivity contribution in [3.63, 3.8) is 0 Å². The van der Waals surface area contributed by atoms with Gasteiger partial charge in [-0.15, -0.1) is 0 Å². The average molecular weight is 200 g/mol. The van der Waals surface area contributed by atoms with Crippen molar-refractivity contribution in [3.8, 4) is 0 Å². The minimum absolute atomic E-state index is 0.0512. The summed E-state index contributed by atoms with van der Waals surface area (Å²) in [5.74, 6) is -0.489. The molecule has 0 amide bonds. The highest BCUT2D eigenvalue weighted by molar-refractivity contribution is 6.04. The van der Waals surface area contributed by atoms with Crippen LogP contribution in [0, 0.1) is 5.41 Å². The molecule has 0 radical (unpaired) electrons. The second-order valence-corrected chi connectivity index (χ2v) is 3.38. The number of ketones is 1. The number of carbonyl (C=O) groups excluding carboxylic acids is 2. The molecule has 80 valence electrons. The van der Waals surface area contributed by atoms with E-state index in [1.165, 1.54) is 0 Å². The van der Waals surface area contributed by atoms with E-state index in [0.717, 1.165) is 0 Å². The topological polar surface area (TPSA) is 52.6 Å². The van der Waals surface area contributed by atoms with Crippen LogP contribution in [0.5, 0.6) is 0 Å². The second kappa shape index (κ2) is 4.55. The van der Waals surface area contributed by atoms with Gasteiger partial charge < -0.3 is 9.47 Å². The van der Waals surface area contributed by atoms with Gasteiger partial charge in [0, 0.05) is 6.42 Å². The van der Waals surface area contributed by atoms with Crippen LogP contribution in [0.25, 0.3) is 0 Å². The molecule has 1 unspecified atom stereocenters. The lowest BCUT2D eigenvalue weighted by Gasteiger charge is -2.31. The van der Waals surface area contributed by atoms with E-state index in [1.807, 2.05) is 6.92 Å². The molecule has 1 saturated heterocycles. The molecule has 1 heterocycles. The van der Waals surface area contributed by atoms with Gasteiger partial charge in [0.2, 0.25) is 0 Å². The Morgan fingerprint density at radius 2 is 2.29 bits per heavy atom. The molecule has 0 aliphatic carbocycles. The molecule has 1 aliphatic rings. The molecule has 0 aromatic rings. The zero-order chi connectivity index (χ0) is 10.6. The molecular formula is C10H16O4. The lowest BCUT2D eigenvalue weighted by Crippen LogP contribution is -2.47. The SMILES string of the molecule is CCOC(=O)C1(CC)COCCC1=O. The molecule has 14 heavy (non-hydrogen) atoms. The Balaban J connectivity index is 2.82. The van der Waals surface area contributed by atoms with Crippen LogP contribution in [0.4, 0.5) is 0 Å². The van der Waals surface area contributed by atoms with Crippen LogP contribution in [0.1, 0.15) is 26.7 Å². The summed E-state index contributed by atoms with van der Waals surface area (Å²) in [5.41, 5.74) is -1.03.